The molecule has 0 saturated carbocycles. The molecule has 1 amide bonds. The SMILES string of the molecule is Cc1c(Cl)cccc1N(CC(=O)N/N=C\c1cc([N+](=O)[O-])ccc1Cl)S(C)(=O)=O. The van der Waals surface area contributed by atoms with Crippen molar-refractivity contribution in [2.24, 2.45) is 5.10 Å². The smallest absolute Gasteiger partial charge is 0.270 e. The van der Waals surface area contributed by atoms with Gasteiger partial charge in [0.1, 0.15) is 6.54 Å². The average molecular weight is 459 g/mol. The van der Waals surface area contributed by atoms with Crippen LogP contribution in [0.4, 0.5) is 11.4 Å². The minimum atomic E-state index is -3.79. The molecule has 0 heterocycles. The molecule has 0 fully saturated rings. The average Bonchev–Trinajstić information content (AvgIpc) is 2.63. The Labute approximate surface area is 177 Å². The Hall–Kier alpha value is -2.69. The van der Waals surface area contributed by atoms with E-state index >= 15 is 0 Å². The predicted octanol–water partition coefficient (Wildman–Crippen LogP) is 3.13. The standard InChI is InChI=1S/C17H16Cl2N4O5S/c1-11-14(18)4-3-5-16(11)22(29(2,27)28)10-17(24)21-20-9-12-8-13(23(25)26)6-7-15(12)19/h3-9H,10H2,1-2H3,(H,21,24)/b20-9-. The van der Waals surface area contributed by atoms with Crippen molar-refractivity contribution in [3.8, 4) is 0 Å². The van der Waals surface area contributed by atoms with E-state index in [-0.39, 0.29) is 22.0 Å². The predicted molar refractivity (Wildman–Crippen MR) is 112 cm³/mol. The van der Waals surface area contributed by atoms with Gasteiger partial charge in [0, 0.05) is 27.7 Å². The van der Waals surface area contributed by atoms with Gasteiger partial charge in [0.05, 0.1) is 23.1 Å². The maximum atomic E-state index is 12.2. The van der Waals surface area contributed by atoms with Gasteiger partial charge in [0.2, 0.25) is 10.0 Å². The molecule has 154 valence electrons. The van der Waals surface area contributed by atoms with Crippen molar-refractivity contribution in [3.63, 3.8) is 0 Å². The zero-order chi connectivity index (χ0) is 21.8. The topological polar surface area (TPSA) is 122 Å². The number of nitrogens with zero attached hydrogens (tertiary/aromatic N) is 3. The quantitative estimate of drug-likeness (QED) is 0.387. The highest BCUT2D eigenvalue weighted by Crippen LogP contribution is 2.28. The summed E-state index contributed by atoms with van der Waals surface area (Å²) in [7, 11) is -3.79. The molecule has 0 spiro atoms. The Morgan fingerprint density at radius 1 is 1.28 bits per heavy atom. The number of sulfonamides is 1. The van der Waals surface area contributed by atoms with Crippen molar-refractivity contribution in [2.75, 3.05) is 17.1 Å². The largest absolute Gasteiger partial charge is 0.271 e. The van der Waals surface area contributed by atoms with Gasteiger partial charge in [0.25, 0.3) is 11.6 Å². The number of amides is 1. The molecule has 0 aromatic heterocycles. The number of anilines is 1. The third kappa shape index (κ3) is 5.89. The summed E-state index contributed by atoms with van der Waals surface area (Å²) >= 11 is 12.0. The molecule has 1 N–H and O–H groups in total. The van der Waals surface area contributed by atoms with Crippen LogP contribution < -0.4 is 9.73 Å². The fourth-order valence-electron chi connectivity index (χ4n) is 2.33. The fourth-order valence-corrected chi connectivity index (χ4v) is 3.57. The number of nitrogens with one attached hydrogen (secondary N) is 1. The van der Waals surface area contributed by atoms with Crippen molar-refractivity contribution in [1.82, 2.24) is 5.43 Å². The van der Waals surface area contributed by atoms with Gasteiger partial charge < -0.3 is 0 Å². The number of hydrogen-bond acceptors (Lipinski definition) is 6. The monoisotopic (exact) mass is 458 g/mol. The summed E-state index contributed by atoms with van der Waals surface area (Å²) in [6, 6.07) is 8.46. The lowest BCUT2D eigenvalue weighted by Gasteiger charge is -2.23. The first kappa shape index (κ1) is 22.6. The van der Waals surface area contributed by atoms with Crippen LogP contribution in [0.1, 0.15) is 11.1 Å². The maximum absolute atomic E-state index is 12.2. The minimum Gasteiger partial charge on any atom is -0.271 e. The molecule has 0 radical (unpaired) electrons. The first-order chi connectivity index (χ1) is 13.5. The Kier molecular flexibility index (Phi) is 7.17. The molecule has 9 nitrogen and oxygen atoms in total. The Morgan fingerprint density at radius 2 is 1.97 bits per heavy atom. The normalized spacial score (nSPS) is 11.4. The van der Waals surface area contributed by atoms with Crippen LogP contribution in [0.5, 0.6) is 0 Å². The molecule has 0 saturated heterocycles. The molecule has 2 rings (SSSR count). The first-order valence-electron chi connectivity index (χ1n) is 7.99. The number of hydrazone groups is 1. The Morgan fingerprint density at radius 3 is 2.59 bits per heavy atom. The van der Waals surface area contributed by atoms with Crippen LogP contribution in [0, 0.1) is 17.0 Å². The van der Waals surface area contributed by atoms with Crippen molar-refractivity contribution in [3.05, 3.63) is 67.7 Å². The molecule has 0 unspecified atom stereocenters. The molecule has 2 aromatic rings. The van der Waals surface area contributed by atoms with Crippen LogP contribution >= 0.6 is 23.2 Å². The number of nitro groups is 1. The third-order valence-electron chi connectivity index (χ3n) is 3.78. The molecular weight excluding hydrogens is 443 g/mol. The summed E-state index contributed by atoms with van der Waals surface area (Å²) in [4.78, 5) is 22.4. The highest BCUT2D eigenvalue weighted by atomic mass is 35.5. The van der Waals surface area contributed by atoms with E-state index in [0.717, 1.165) is 16.8 Å². The summed E-state index contributed by atoms with van der Waals surface area (Å²) in [5.74, 6) is -0.729. The highest BCUT2D eigenvalue weighted by molar-refractivity contribution is 7.92. The number of nitro benzene ring substituents is 1. The van der Waals surface area contributed by atoms with E-state index in [4.69, 9.17) is 23.2 Å². The van der Waals surface area contributed by atoms with Gasteiger partial charge in [-0.2, -0.15) is 5.10 Å². The summed E-state index contributed by atoms with van der Waals surface area (Å²) in [6.07, 6.45) is 2.09. The Balaban J connectivity index is 2.18. The molecular formula is C17H16Cl2N4O5S. The fraction of sp³-hybridized carbons (Fsp3) is 0.176. The summed E-state index contributed by atoms with van der Waals surface area (Å²) in [6.45, 7) is 1.09. The lowest BCUT2D eigenvalue weighted by molar-refractivity contribution is -0.384. The summed E-state index contributed by atoms with van der Waals surface area (Å²) in [5.41, 5.74) is 2.96. The lowest BCUT2D eigenvalue weighted by Crippen LogP contribution is -2.39. The van der Waals surface area contributed by atoms with Crippen LogP contribution in [0.2, 0.25) is 10.0 Å². The lowest BCUT2D eigenvalue weighted by atomic mass is 10.2. The van der Waals surface area contributed by atoms with Crippen LogP contribution in [-0.4, -0.2) is 38.3 Å². The van der Waals surface area contributed by atoms with Crippen molar-refractivity contribution < 1.29 is 18.1 Å². The van der Waals surface area contributed by atoms with E-state index in [9.17, 15) is 23.3 Å². The third-order valence-corrected chi connectivity index (χ3v) is 5.66. The van der Waals surface area contributed by atoms with Crippen LogP contribution in [0.15, 0.2) is 41.5 Å². The number of carbonyl (C=O) groups excluding carboxylic acids is 1. The van der Waals surface area contributed by atoms with E-state index in [0.29, 0.717) is 10.6 Å². The van der Waals surface area contributed by atoms with Crippen molar-refractivity contribution in [2.45, 2.75) is 6.92 Å². The first-order valence-corrected chi connectivity index (χ1v) is 10.6. The van der Waals surface area contributed by atoms with Crippen LogP contribution in [0.25, 0.3) is 0 Å². The van der Waals surface area contributed by atoms with Gasteiger partial charge in [0.15, 0.2) is 0 Å². The van der Waals surface area contributed by atoms with Gasteiger partial charge in [-0.15, -0.1) is 0 Å². The number of hydrogen-bond donors (Lipinski definition) is 1. The van der Waals surface area contributed by atoms with Gasteiger partial charge in [-0.1, -0.05) is 29.3 Å². The molecule has 0 atom stereocenters. The van der Waals surface area contributed by atoms with Gasteiger partial charge in [-0.3, -0.25) is 19.2 Å². The maximum Gasteiger partial charge on any atom is 0.270 e. The number of non-ortho nitro benzene ring substituents is 1. The number of halogens is 2. The number of carbonyl (C=O) groups is 1. The second-order valence-electron chi connectivity index (χ2n) is 5.91. The van der Waals surface area contributed by atoms with E-state index in [2.05, 4.69) is 10.5 Å². The van der Waals surface area contributed by atoms with E-state index < -0.39 is 27.4 Å². The molecule has 0 aliphatic heterocycles. The molecule has 2 aromatic carbocycles. The zero-order valence-corrected chi connectivity index (χ0v) is 17.6. The molecule has 12 heteroatoms. The molecule has 0 bridgehead atoms. The van der Waals surface area contributed by atoms with Gasteiger partial charge in [-0.05, 0) is 30.7 Å². The minimum absolute atomic E-state index is 0.193. The van der Waals surface area contributed by atoms with Gasteiger partial charge in [-0.25, -0.2) is 13.8 Å². The van der Waals surface area contributed by atoms with Crippen LogP contribution in [-0.2, 0) is 14.8 Å². The van der Waals surface area contributed by atoms with Crippen molar-refractivity contribution in [1.29, 1.82) is 0 Å². The second-order valence-corrected chi connectivity index (χ2v) is 8.63. The molecule has 29 heavy (non-hydrogen) atoms. The zero-order valence-electron chi connectivity index (χ0n) is 15.3. The summed E-state index contributed by atoms with van der Waals surface area (Å²) < 4.78 is 25.2. The van der Waals surface area contributed by atoms with Crippen molar-refractivity contribution >= 4 is 56.7 Å². The second kappa shape index (κ2) is 9.21. The number of benzene rings is 2. The van der Waals surface area contributed by atoms with Gasteiger partial charge >= 0.3 is 0 Å². The molecule has 0 aliphatic carbocycles. The number of rotatable bonds is 7. The van der Waals surface area contributed by atoms with Crippen LogP contribution in [0.3, 0.4) is 0 Å². The Bertz CT molecular complexity index is 1090. The molecule has 0 aliphatic rings. The highest BCUT2D eigenvalue weighted by Gasteiger charge is 2.23. The summed E-state index contributed by atoms with van der Waals surface area (Å²) in [5, 5.41) is 15.1. The van der Waals surface area contributed by atoms with E-state index in [1.165, 1.54) is 24.3 Å². The van der Waals surface area contributed by atoms with E-state index in [1.807, 2.05) is 0 Å². The van der Waals surface area contributed by atoms with E-state index in [1.54, 1.807) is 19.1 Å².